The van der Waals surface area contributed by atoms with Crippen molar-refractivity contribution in [3.8, 4) is 0 Å². The Morgan fingerprint density at radius 3 is 2.71 bits per heavy atom. The summed E-state index contributed by atoms with van der Waals surface area (Å²) in [4.78, 5) is 0. The first-order valence-corrected chi connectivity index (χ1v) is 7.28. The van der Waals surface area contributed by atoms with Crippen LogP contribution in [-0.4, -0.2) is 16.3 Å². The Bertz CT molecular complexity index is 608. The van der Waals surface area contributed by atoms with Gasteiger partial charge >= 0.3 is 0 Å². The van der Waals surface area contributed by atoms with E-state index in [1.54, 1.807) is 17.8 Å². The molecule has 3 nitrogen and oxygen atoms in total. The van der Waals surface area contributed by atoms with E-state index in [0.29, 0.717) is 12.1 Å². The molecule has 0 aliphatic heterocycles. The molecule has 1 heterocycles. The molecule has 0 saturated heterocycles. The fourth-order valence-corrected chi connectivity index (χ4v) is 2.41. The molecule has 1 aromatic carbocycles. The highest BCUT2D eigenvalue weighted by atomic mass is 19.1. The summed E-state index contributed by atoms with van der Waals surface area (Å²) in [6.45, 7) is 7.01. The van der Waals surface area contributed by atoms with Crippen molar-refractivity contribution < 1.29 is 8.78 Å². The molecule has 1 N–H and O–H groups in total. The van der Waals surface area contributed by atoms with Crippen molar-refractivity contribution >= 4 is 0 Å². The van der Waals surface area contributed by atoms with Crippen LogP contribution in [0.5, 0.6) is 0 Å². The summed E-state index contributed by atoms with van der Waals surface area (Å²) in [6.07, 6.45) is 4.47. The second kappa shape index (κ2) is 6.80. The van der Waals surface area contributed by atoms with Gasteiger partial charge in [0.25, 0.3) is 0 Å². The zero-order valence-corrected chi connectivity index (χ0v) is 12.7. The Kier molecular flexibility index (Phi) is 5.07. The number of aryl methyl sites for hydroxylation is 2. The largest absolute Gasteiger partial charge is 0.306 e. The summed E-state index contributed by atoms with van der Waals surface area (Å²) < 4.78 is 30.3. The molecule has 0 aliphatic rings. The van der Waals surface area contributed by atoms with Crippen LogP contribution < -0.4 is 5.32 Å². The SMILES string of the molecule is CCCn1cc(C(NCC)c2c(F)ccc(C)c2F)cn1. The summed E-state index contributed by atoms with van der Waals surface area (Å²) >= 11 is 0. The van der Waals surface area contributed by atoms with Gasteiger partial charge in [-0.25, -0.2) is 8.78 Å². The Balaban J connectivity index is 2.45. The average Bonchev–Trinajstić information content (AvgIpc) is 2.91. The maximum absolute atomic E-state index is 14.4. The highest BCUT2D eigenvalue weighted by molar-refractivity contribution is 5.35. The predicted octanol–water partition coefficient (Wildman–Crippen LogP) is 3.58. The van der Waals surface area contributed by atoms with E-state index < -0.39 is 17.7 Å². The van der Waals surface area contributed by atoms with Crippen molar-refractivity contribution in [3.05, 3.63) is 52.9 Å². The highest BCUT2D eigenvalue weighted by Gasteiger charge is 2.23. The van der Waals surface area contributed by atoms with Gasteiger partial charge in [-0.3, -0.25) is 4.68 Å². The first-order valence-electron chi connectivity index (χ1n) is 7.28. The summed E-state index contributed by atoms with van der Waals surface area (Å²) in [5.74, 6) is -1.03. The zero-order chi connectivity index (χ0) is 15.4. The lowest BCUT2D eigenvalue weighted by atomic mass is 9.98. The molecule has 0 bridgehead atoms. The van der Waals surface area contributed by atoms with Crippen molar-refractivity contribution in [3.63, 3.8) is 0 Å². The van der Waals surface area contributed by atoms with Crippen LogP contribution in [0.1, 0.15) is 43.0 Å². The second-order valence-electron chi connectivity index (χ2n) is 5.12. The molecule has 1 aromatic heterocycles. The third kappa shape index (κ3) is 3.29. The number of aromatic nitrogens is 2. The maximum Gasteiger partial charge on any atom is 0.134 e. The average molecular weight is 293 g/mol. The van der Waals surface area contributed by atoms with Crippen molar-refractivity contribution in [1.29, 1.82) is 0 Å². The van der Waals surface area contributed by atoms with E-state index in [0.717, 1.165) is 18.5 Å². The number of nitrogens with one attached hydrogen (secondary N) is 1. The molecule has 0 spiro atoms. The van der Waals surface area contributed by atoms with Crippen molar-refractivity contribution in [2.45, 2.75) is 39.8 Å². The summed E-state index contributed by atoms with van der Waals surface area (Å²) in [6, 6.07) is 2.24. The molecule has 0 aliphatic carbocycles. The molecular weight excluding hydrogens is 272 g/mol. The minimum atomic E-state index is -0.535. The number of hydrogen-bond donors (Lipinski definition) is 1. The molecule has 0 saturated carbocycles. The van der Waals surface area contributed by atoms with E-state index >= 15 is 0 Å². The monoisotopic (exact) mass is 293 g/mol. The number of nitrogens with zero attached hydrogens (tertiary/aromatic N) is 2. The molecule has 0 radical (unpaired) electrons. The fourth-order valence-electron chi connectivity index (χ4n) is 2.41. The summed E-state index contributed by atoms with van der Waals surface area (Å²) in [5.41, 5.74) is 1.27. The van der Waals surface area contributed by atoms with Gasteiger partial charge in [-0.05, 0) is 31.5 Å². The van der Waals surface area contributed by atoms with Gasteiger partial charge in [0.1, 0.15) is 11.6 Å². The van der Waals surface area contributed by atoms with Crippen LogP contribution in [0.4, 0.5) is 8.78 Å². The molecule has 0 amide bonds. The second-order valence-corrected chi connectivity index (χ2v) is 5.12. The van der Waals surface area contributed by atoms with E-state index in [-0.39, 0.29) is 5.56 Å². The molecule has 0 fully saturated rings. The van der Waals surface area contributed by atoms with E-state index in [9.17, 15) is 8.78 Å². The predicted molar refractivity (Wildman–Crippen MR) is 79.1 cm³/mol. The van der Waals surface area contributed by atoms with Gasteiger partial charge in [0.2, 0.25) is 0 Å². The molecule has 2 rings (SSSR count). The van der Waals surface area contributed by atoms with Gasteiger partial charge in [-0.15, -0.1) is 0 Å². The van der Waals surface area contributed by atoms with Crippen LogP contribution in [0, 0.1) is 18.6 Å². The Labute approximate surface area is 124 Å². The topological polar surface area (TPSA) is 29.9 Å². The molecule has 5 heteroatoms. The van der Waals surface area contributed by atoms with Gasteiger partial charge in [0, 0.05) is 23.9 Å². The number of hydrogen-bond acceptors (Lipinski definition) is 2. The van der Waals surface area contributed by atoms with E-state index in [1.807, 2.05) is 13.1 Å². The first-order chi connectivity index (χ1) is 10.1. The Hall–Kier alpha value is -1.75. The van der Waals surface area contributed by atoms with E-state index in [2.05, 4.69) is 17.3 Å². The van der Waals surface area contributed by atoms with Crippen LogP contribution in [0.25, 0.3) is 0 Å². The van der Waals surface area contributed by atoms with Crippen molar-refractivity contribution in [1.82, 2.24) is 15.1 Å². The minimum absolute atomic E-state index is 0.0629. The fraction of sp³-hybridized carbons (Fsp3) is 0.438. The van der Waals surface area contributed by atoms with E-state index in [1.165, 1.54) is 12.1 Å². The number of rotatable bonds is 6. The minimum Gasteiger partial charge on any atom is -0.306 e. The lowest BCUT2D eigenvalue weighted by Gasteiger charge is -2.19. The third-order valence-corrected chi connectivity index (χ3v) is 3.46. The van der Waals surface area contributed by atoms with Crippen LogP contribution in [0.2, 0.25) is 0 Å². The van der Waals surface area contributed by atoms with Crippen LogP contribution in [0.15, 0.2) is 24.5 Å². The van der Waals surface area contributed by atoms with E-state index in [4.69, 9.17) is 0 Å². The highest BCUT2D eigenvalue weighted by Crippen LogP contribution is 2.28. The molecule has 1 atom stereocenters. The van der Waals surface area contributed by atoms with Gasteiger partial charge in [-0.2, -0.15) is 5.10 Å². The van der Waals surface area contributed by atoms with Crippen molar-refractivity contribution in [2.75, 3.05) is 6.54 Å². The normalized spacial score (nSPS) is 12.6. The Morgan fingerprint density at radius 2 is 2.05 bits per heavy atom. The van der Waals surface area contributed by atoms with Gasteiger partial charge in [-0.1, -0.05) is 19.9 Å². The van der Waals surface area contributed by atoms with Crippen LogP contribution in [0.3, 0.4) is 0 Å². The van der Waals surface area contributed by atoms with Gasteiger partial charge < -0.3 is 5.32 Å². The molecule has 2 aromatic rings. The third-order valence-electron chi connectivity index (χ3n) is 3.46. The standard InChI is InChI=1S/C16H21F2N3/c1-4-8-21-10-12(9-20-21)16(19-5-2)14-13(17)7-6-11(3)15(14)18/h6-7,9-10,16,19H,4-5,8H2,1-3H3. The van der Waals surface area contributed by atoms with Gasteiger partial charge in [0.05, 0.1) is 12.2 Å². The molecule has 21 heavy (non-hydrogen) atoms. The maximum atomic E-state index is 14.4. The lowest BCUT2D eigenvalue weighted by molar-refractivity contribution is 0.506. The number of benzene rings is 1. The first kappa shape index (κ1) is 15.6. The van der Waals surface area contributed by atoms with Crippen LogP contribution in [-0.2, 0) is 6.54 Å². The zero-order valence-electron chi connectivity index (χ0n) is 12.7. The molecule has 114 valence electrons. The molecule has 1 unspecified atom stereocenters. The van der Waals surface area contributed by atoms with Gasteiger partial charge in [0.15, 0.2) is 0 Å². The lowest BCUT2D eigenvalue weighted by Crippen LogP contribution is -2.24. The Morgan fingerprint density at radius 1 is 1.29 bits per heavy atom. The van der Waals surface area contributed by atoms with Crippen molar-refractivity contribution in [2.24, 2.45) is 0 Å². The summed E-state index contributed by atoms with van der Waals surface area (Å²) in [7, 11) is 0. The summed E-state index contributed by atoms with van der Waals surface area (Å²) in [5, 5.41) is 7.39. The smallest absolute Gasteiger partial charge is 0.134 e. The quantitative estimate of drug-likeness (QED) is 0.882. The number of halogens is 2. The molecular formula is C16H21F2N3. The van der Waals surface area contributed by atoms with Crippen LogP contribution >= 0.6 is 0 Å².